The van der Waals surface area contributed by atoms with Gasteiger partial charge < -0.3 is 4.74 Å². The van der Waals surface area contributed by atoms with Crippen molar-refractivity contribution in [1.82, 2.24) is 9.55 Å². The summed E-state index contributed by atoms with van der Waals surface area (Å²) in [7, 11) is 0. The summed E-state index contributed by atoms with van der Waals surface area (Å²) in [6.45, 7) is -0.226. The van der Waals surface area contributed by atoms with Crippen LogP contribution in [0, 0.1) is 0 Å². The van der Waals surface area contributed by atoms with E-state index in [-0.39, 0.29) is 30.9 Å². The maximum absolute atomic E-state index is 12.3. The van der Waals surface area contributed by atoms with Crippen molar-refractivity contribution in [1.29, 1.82) is 0 Å². The first-order chi connectivity index (χ1) is 12.5. The molecule has 0 bridgehead atoms. The fourth-order valence-corrected chi connectivity index (χ4v) is 2.54. The number of aryl methyl sites for hydroxylation is 1. The molecular weight excluding hydrogens is 356 g/mol. The number of aromatic nitrogens is 2. The first-order valence-corrected chi connectivity index (χ1v) is 8.31. The number of Topliss-reactive ketones (excluding diaryl/α,β-unsaturated/α-hetero) is 1. The highest BCUT2D eigenvalue weighted by Crippen LogP contribution is 2.10. The fourth-order valence-electron chi connectivity index (χ4n) is 2.41. The predicted octanol–water partition coefficient (Wildman–Crippen LogP) is 2.87. The zero-order valence-corrected chi connectivity index (χ0v) is 14.5. The van der Waals surface area contributed by atoms with E-state index in [9.17, 15) is 14.4 Å². The van der Waals surface area contributed by atoms with Gasteiger partial charge in [-0.05, 0) is 36.4 Å². The number of hydrogen-bond acceptors (Lipinski definition) is 5. The minimum Gasteiger partial charge on any atom is -0.457 e. The predicted molar refractivity (Wildman–Crippen MR) is 97.4 cm³/mol. The summed E-state index contributed by atoms with van der Waals surface area (Å²) >= 11 is 5.76. The number of para-hydroxylation sites is 1. The minimum absolute atomic E-state index is 0.0339. The van der Waals surface area contributed by atoms with Crippen molar-refractivity contribution in [3.05, 3.63) is 75.8 Å². The molecular formula is C19H15ClN2O4. The Morgan fingerprint density at radius 2 is 1.81 bits per heavy atom. The van der Waals surface area contributed by atoms with Crippen LogP contribution in [0.2, 0.25) is 5.02 Å². The molecule has 0 aliphatic rings. The highest BCUT2D eigenvalue weighted by Gasteiger charge is 2.11. The average Bonchev–Trinajstić information content (AvgIpc) is 2.66. The van der Waals surface area contributed by atoms with Crippen LogP contribution in [-0.4, -0.2) is 27.9 Å². The summed E-state index contributed by atoms with van der Waals surface area (Å²) < 4.78 is 6.33. The fraction of sp³-hybridized carbons (Fsp3) is 0.158. The van der Waals surface area contributed by atoms with E-state index in [2.05, 4.69) is 4.98 Å². The lowest BCUT2D eigenvalue weighted by Crippen LogP contribution is -2.23. The molecule has 0 N–H and O–H groups in total. The Morgan fingerprint density at radius 1 is 1.08 bits per heavy atom. The van der Waals surface area contributed by atoms with Gasteiger partial charge in [0.25, 0.3) is 5.56 Å². The zero-order valence-electron chi connectivity index (χ0n) is 13.7. The molecule has 0 radical (unpaired) electrons. The molecule has 0 spiro atoms. The van der Waals surface area contributed by atoms with E-state index >= 15 is 0 Å². The molecule has 26 heavy (non-hydrogen) atoms. The molecule has 1 aromatic heterocycles. The molecule has 1 heterocycles. The van der Waals surface area contributed by atoms with Crippen molar-refractivity contribution in [2.75, 3.05) is 6.61 Å². The molecule has 0 atom stereocenters. The Labute approximate surface area is 154 Å². The van der Waals surface area contributed by atoms with Gasteiger partial charge in [0.15, 0.2) is 12.4 Å². The van der Waals surface area contributed by atoms with E-state index in [0.717, 1.165) is 0 Å². The van der Waals surface area contributed by atoms with Crippen LogP contribution in [0.5, 0.6) is 0 Å². The normalized spacial score (nSPS) is 10.7. The van der Waals surface area contributed by atoms with Gasteiger partial charge >= 0.3 is 5.97 Å². The van der Waals surface area contributed by atoms with Crippen LogP contribution in [0.3, 0.4) is 0 Å². The standard InChI is InChI=1S/C19H15ClN2O4/c20-14-7-5-13(6-8-14)17(23)11-26-18(24)9-10-22-12-21-16-4-2-1-3-15(16)19(22)25/h1-8,12H,9-11H2. The highest BCUT2D eigenvalue weighted by atomic mass is 35.5. The summed E-state index contributed by atoms with van der Waals surface area (Å²) in [5.41, 5.74) is 0.794. The Balaban J connectivity index is 1.56. The van der Waals surface area contributed by atoms with Crippen LogP contribution in [0.1, 0.15) is 16.8 Å². The van der Waals surface area contributed by atoms with E-state index < -0.39 is 5.97 Å². The summed E-state index contributed by atoms with van der Waals surface area (Å²) in [4.78, 5) is 40.3. The van der Waals surface area contributed by atoms with E-state index in [0.29, 0.717) is 21.5 Å². The highest BCUT2D eigenvalue weighted by molar-refractivity contribution is 6.30. The van der Waals surface area contributed by atoms with Gasteiger partial charge in [0.05, 0.1) is 23.7 Å². The Bertz CT molecular complexity index is 1010. The number of ether oxygens (including phenoxy) is 1. The number of carbonyl (C=O) groups is 2. The number of rotatable bonds is 6. The van der Waals surface area contributed by atoms with E-state index in [1.165, 1.54) is 10.9 Å². The number of esters is 1. The third kappa shape index (κ3) is 4.15. The van der Waals surface area contributed by atoms with Crippen molar-refractivity contribution in [3.8, 4) is 0 Å². The Hall–Kier alpha value is -2.99. The first-order valence-electron chi connectivity index (χ1n) is 7.93. The average molecular weight is 371 g/mol. The number of ketones is 1. The maximum Gasteiger partial charge on any atom is 0.308 e. The molecule has 2 aromatic carbocycles. The van der Waals surface area contributed by atoms with E-state index in [1.807, 2.05) is 0 Å². The molecule has 0 fully saturated rings. The van der Waals surface area contributed by atoms with Gasteiger partial charge in [-0.25, -0.2) is 4.98 Å². The molecule has 0 saturated heterocycles. The van der Waals surface area contributed by atoms with Gasteiger partial charge in [-0.2, -0.15) is 0 Å². The molecule has 3 aromatic rings. The van der Waals surface area contributed by atoms with E-state index in [1.54, 1.807) is 48.5 Å². The molecule has 7 heteroatoms. The molecule has 3 rings (SSSR count). The third-order valence-corrected chi connectivity index (χ3v) is 4.07. The summed E-state index contributed by atoms with van der Waals surface area (Å²) in [5.74, 6) is -0.882. The van der Waals surface area contributed by atoms with Crippen molar-refractivity contribution in [2.45, 2.75) is 13.0 Å². The van der Waals surface area contributed by atoms with Gasteiger partial charge in [0.1, 0.15) is 0 Å². The van der Waals surface area contributed by atoms with Crippen LogP contribution in [0.25, 0.3) is 10.9 Å². The Kier molecular flexibility index (Phi) is 5.43. The molecule has 6 nitrogen and oxygen atoms in total. The van der Waals surface area contributed by atoms with Crippen LogP contribution in [0.15, 0.2) is 59.7 Å². The number of hydrogen-bond donors (Lipinski definition) is 0. The van der Waals surface area contributed by atoms with Gasteiger partial charge in [0, 0.05) is 17.1 Å². The number of halogens is 1. The lowest BCUT2D eigenvalue weighted by atomic mass is 10.1. The van der Waals surface area contributed by atoms with Crippen molar-refractivity contribution in [3.63, 3.8) is 0 Å². The summed E-state index contributed by atoms with van der Waals surface area (Å²) in [5, 5.41) is 1.01. The quantitative estimate of drug-likeness (QED) is 0.492. The Morgan fingerprint density at radius 3 is 2.58 bits per heavy atom. The first kappa shape index (κ1) is 17.8. The second kappa shape index (κ2) is 7.93. The third-order valence-electron chi connectivity index (χ3n) is 3.82. The van der Waals surface area contributed by atoms with Crippen molar-refractivity contribution in [2.24, 2.45) is 0 Å². The molecule has 0 aliphatic heterocycles. The molecule has 132 valence electrons. The van der Waals surface area contributed by atoms with Gasteiger partial charge in [-0.3, -0.25) is 19.0 Å². The second-order valence-electron chi connectivity index (χ2n) is 5.60. The topological polar surface area (TPSA) is 78.3 Å². The van der Waals surface area contributed by atoms with Crippen LogP contribution >= 0.6 is 11.6 Å². The number of nitrogens with zero attached hydrogens (tertiary/aromatic N) is 2. The van der Waals surface area contributed by atoms with Crippen LogP contribution in [0.4, 0.5) is 0 Å². The van der Waals surface area contributed by atoms with Crippen molar-refractivity contribution < 1.29 is 14.3 Å². The van der Waals surface area contributed by atoms with Crippen LogP contribution < -0.4 is 5.56 Å². The van der Waals surface area contributed by atoms with Gasteiger partial charge in [-0.15, -0.1) is 0 Å². The van der Waals surface area contributed by atoms with Crippen LogP contribution in [-0.2, 0) is 16.1 Å². The summed E-state index contributed by atoms with van der Waals surface area (Å²) in [6.07, 6.45) is 1.37. The lowest BCUT2D eigenvalue weighted by Gasteiger charge is -2.07. The minimum atomic E-state index is -0.563. The largest absolute Gasteiger partial charge is 0.457 e. The maximum atomic E-state index is 12.3. The molecule has 0 aliphatic carbocycles. The van der Waals surface area contributed by atoms with Gasteiger partial charge in [-0.1, -0.05) is 23.7 Å². The number of carbonyl (C=O) groups excluding carboxylic acids is 2. The second-order valence-corrected chi connectivity index (χ2v) is 6.04. The SMILES string of the molecule is O=C(CCn1cnc2ccccc2c1=O)OCC(=O)c1ccc(Cl)cc1. The number of benzene rings is 2. The molecule has 0 amide bonds. The van der Waals surface area contributed by atoms with Gasteiger partial charge in [0.2, 0.25) is 0 Å². The molecule has 0 saturated carbocycles. The zero-order chi connectivity index (χ0) is 18.5. The smallest absolute Gasteiger partial charge is 0.308 e. The monoisotopic (exact) mass is 370 g/mol. The molecule has 0 unspecified atom stereocenters. The lowest BCUT2D eigenvalue weighted by molar-refractivity contribution is -0.142. The summed E-state index contributed by atoms with van der Waals surface area (Å²) in [6, 6.07) is 13.3. The number of fused-ring (bicyclic) bond motifs is 1. The van der Waals surface area contributed by atoms with E-state index in [4.69, 9.17) is 16.3 Å². The van der Waals surface area contributed by atoms with Crippen molar-refractivity contribution >= 4 is 34.3 Å².